The number of hydroxylamine groups is 2. The molecule has 2 rings (SSSR count). The molecule has 1 aliphatic heterocycles. The SMILES string of the molecule is COCCn1nc(C(=O)N2CCCO2)ccc1=O. The van der Waals surface area contributed by atoms with Crippen molar-refractivity contribution < 1.29 is 14.4 Å². The molecule has 0 saturated carbocycles. The number of carbonyl (C=O) groups excluding carboxylic acids is 1. The van der Waals surface area contributed by atoms with Gasteiger partial charge >= 0.3 is 0 Å². The molecule has 1 saturated heterocycles. The zero-order valence-corrected chi connectivity index (χ0v) is 10.2. The summed E-state index contributed by atoms with van der Waals surface area (Å²) in [6, 6.07) is 2.74. The maximum atomic E-state index is 12.0. The lowest BCUT2D eigenvalue weighted by molar-refractivity contribution is -0.0773. The molecule has 7 heteroatoms. The first-order valence-corrected chi connectivity index (χ1v) is 5.74. The van der Waals surface area contributed by atoms with Crippen LogP contribution in [-0.2, 0) is 16.1 Å². The van der Waals surface area contributed by atoms with Crippen LogP contribution in [0.4, 0.5) is 0 Å². The van der Waals surface area contributed by atoms with E-state index >= 15 is 0 Å². The van der Waals surface area contributed by atoms with Gasteiger partial charge in [0.1, 0.15) is 0 Å². The molecular formula is C11H15N3O4. The van der Waals surface area contributed by atoms with Gasteiger partial charge in [-0.1, -0.05) is 0 Å². The summed E-state index contributed by atoms with van der Waals surface area (Å²) in [5.41, 5.74) is -0.0569. The number of amides is 1. The number of ether oxygens (including phenoxy) is 1. The molecule has 1 amide bonds. The number of rotatable bonds is 4. The second kappa shape index (κ2) is 5.74. The van der Waals surface area contributed by atoms with Crippen LogP contribution >= 0.6 is 0 Å². The van der Waals surface area contributed by atoms with E-state index in [1.807, 2.05) is 0 Å². The van der Waals surface area contributed by atoms with Gasteiger partial charge in [0.15, 0.2) is 5.69 Å². The van der Waals surface area contributed by atoms with E-state index in [9.17, 15) is 9.59 Å². The van der Waals surface area contributed by atoms with Gasteiger partial charge in [0.25, 0.3) is 11.5 Å². The molecule has 1 aromatic heterocycles. The predicted molar refractivity (Wildman–Crippen MR) is 62.0 cm³/mol. The molecule has 0 spiro atoms. The Bertz CT molecular complexity index is 479. The molecule has 0 radical (unpaired) electrons. The van der Waals surface area contributed by atoms with E-state index in [0.29, 0.717) is 26.3 Å². The van der Waals surface area contributed by atoms with Crippen molar-refractivity contribution in [2.24, 2.45) is 0 Å². The minimum Gasteiger partial charge on any atom is -0.383 e. The van der Waals surface area contributed by atoms with Gasteiger partial charge in [0, 0.05) is 13.2 Å². The van der Waals surface area contributed by atoms with Gasteiger partial charge in [-0.2, -0.15) is 5.10 Å². The fourth-order valence-electron chi connectivity index (χ4n) is 1.64. The van der Waals surface area contributed by atoms with Crippen molar-refractivity contribution in [2.45, 2.75) is 13.0 Å². The van der Waals surface area contributed by atoms with Gasteiger partial charge in [0.2, 0.25) is 0 Å². The number of carbonyl (C=O) groups is 1. The van der Waals surface area contributed by atoms with Crippen molar-refractivity contribution in [3.63, 3.8) is 0 Å². The summed E-state index contributed by atoms with van der Waals surface area (Å²) in [5.74, 6) is -0.321. The van der Waals surface area contributed by atoms with Crippen LogP contribution in [0.1, 0.15) is 16.9 Å². The Kier molecular flexibility index (Phi) is 4.06. The molecule has 98 valence electrons. The number of aromatic nitrogens is 2. The van der Waals surface area contributed by atoms with Crippen LogP contribution in [0, 0.1) is 0 Å². The van der Waals surface area contributed by atoms with Gasteiger partial charge in [-0.25, -0.2) is 9.75 Å². The standard InChI is InChI=1S/C11H15N3O4/c1-17-8-6-13-10(15)4-3-9(12-13)11(16)14-5-2-7-18-14/h3-4H,2,5-8H2,1H3. The van der Waals surface area contributed by atoms with Crippen LogP contribution in [0.15, 0.2) is 16.9 Å². The minimum atomic E-state index is -0.321. The van der Waals surface area contributed by atoms with Crippen LogP contribution in [-0.4, -0.2) is 47.6 Å². The van der Waals surface area contributed by atoms with Gasteiger partial charge in [-0.15, -0.1) is 0 Å². The molecule has 2 heterocycles. The van der Waals surface area contributed by atoms with Crippen LogP contribution in [0.5, 0.6) is 0 Å². The van der Waals surface area contributed by atoms with Gasteiger partial charge in [-0.3, -0.25) is 14.4 Å². The number of hydrogen-bond acceptors (Lipinski definition) is 5. The first-order valence-electron chi connectivity index (χ1n) is 5.74. The van der Waals surface area contributed by atoms with Crippen molar-refractivity contribution in [3.8, 4) is 0 Å². The highest BCUT2D eigenvalue weighted by atomic mass is 16.7. The summed E-state index contributed by atoms with van der Waals surface area (Å²) < 4.78 is 6.10. The van der Waals surface area contributed by atoms with E-state index in [4.69, 9.17) is 9.57 Å². The highest BCUT2D eigenvalue weighted by Gasteiger charge is 2.22. The Morgan fingerprint density at radius 3 is 3.06 bits per heavy atom. The first kappa shape index (κ1) is 12.7. The Morgan fingerprint density at radius 2 is 2.39 bits per heavy atom. The van der Waals surface area contributed by atoms with Gasteiger partial charge in [0.05, 0.1) is 26.3 Å². The normalized spacial score (nSPS) is 15.1. The third kappa shape index (κ3) is 2.74. The molecule has 0 aliphatic carbocycles. The molecule has 0 bridgehead atoms. The molecule has 7 nitrogen and oxygen atoms in total. The maximum Gasteiger partial charge on any atom is 0.297 e. The number of methoxy groups -OCH3 is 1. The average molecular weight is 253 g/mol. The monoisotopic (exact) mass is 253 g/mol. The molecule has 18 heavy (non-hydrogen) atoms. The van der Waals surface area contributed by atoms with Crippen LogP contribution in [0.2, 0.25) is 0 Å². The lowest BCUT2D eigenvalue weighted by Gasteiger charge is -2.13. The van der Waals surface area contributed by atoms with Crippen molar-refractivity contribution in [2.75, 3.05) is 26.9 Å². The third-order valence-corrected chi connectivity index (χ3v) is 2.57. The molecule has 1 aromatic rings. The smallest absolute Gasteiger partial charge is 0.297 e. The van der Waals surface area contributed by atoms with Crippen LogP contribution < -0.4 is 5.56 Å². The van der Waals surface area contributed by atoms with Crippen molar-refractivity contribution in [1.82, 2.24) is 14.8 Å². The van der Waals surface area contributed by atoms with Gasteiger partial charge < -0.3 is 4.74 Å². The first-order chi connectivity index (χ1) is 8.72. The Labute approximate surface area is 104 Å². The van der Waals surface area contributed by atoms with E-state index in [-0.39, 0.29) is 17.2 Å². The van der Waals surface area contributed by atoms with E-state index in [0.717, 1.165) is 6.42 Å². The summed E-state index contributed by atoms with van der Waals surface area (Å²) in [4.78, 5) is 28.6. The fraction of sp³-hybridized carbons (Fsp3) is 0.545. The van der Waals surface area contributed by atoms with E-state index < -0.39 is 0 Å². The molecule has 0 atom stereocenters. The van der Waals surface area contributed by atoms with E-state index in [1.54, 1.807) is 0 Å². The Balaban J connectivity index is 2.17. The van der Waals surface area contributed by atoms with Crippen molar-refractivity contribution in [3.05, 3.63) is 28.2 Å². The molecule has 0 unspecified atom stereocenters. The van der Waals surface area contributed by atoms with Crippen molar-refractivity contribution in [1.29, 1.82) is 0 Å². The molecule has 0 aromatic carbocycles. The summed E-state index contributed by atoms with van der Waals surface area (Å²) in [6.45, 7) is 1.77. The number of nitrogens with zero attached hydrogens (tertiary/aromatic N) is 3. The Morgan fingerprint density at radius 1 is 1.56 bits per heavy atom. The van der Waals surface area contributed by atoms with Crippen molar-refractivity contribution >= 4 is 5.91 Å². The lowest BCUT2D eigenvalue weighted by atomic mass is 10.3. The predicted octanol–water partition coefficient (Wildman–Crippen LogP) is -0.333. The Hall–Kier alpha value is -1.73. The zero-order chi connectivity index (χ0) is 13.0. The van der Waals surface area contributed by atoms with Gasteiger partial charge in [-0.05, 0) is 12.5 Å². The minimum absolute atomic E-state index is 0.201. The molecule has 1 aliphatic rings. The zero-order valence-electron chi connectivity index (χ0n) is 10.2. The van der Waals surface area contributed by atoms with E-state index in [2.05, 4.69) is 5.10 Å². The third-order valence-electron chi connectivity index (χ3n) is 2.57. The number of hydrogen-bond donors (Lipinski definition) is 0. The van der Waals surface area contributed by atoms with E-state index in [1.165, 1.54) is 29.0 Å². The topological polar surface area (TPSA) is 73.7 Å². The highest BCUT2D eigenvalue weighted by molar-refractivity contribution is 5.91. The summed E-state index contributed by atoms with van der Waals surface area (Å²) in [7, 11) is 1.54. The summed E-state index contributed by atoms with van der Waals surface area (Å²) >= 11 is 0. The average Bonchev–Trinajstić information content (AvgIpc) is 2.91. The highest BCUT2D eigenvalue weighted by Crippen LogP contribution is 2.08. The largest absolute Gasteiger partial charge is 0.383 e. The molecular weight excluding hydrogens is 238 g/mol. The molecule has 1 fully saturated rings. The second-order valence-corrected chi connectivity index (χ2v) is 3.87. The quantitative estimate of drug-likeness (QED) is 0.734. The summed E-state index contributed by atoms with van der Waals surface area (Å²) in [5, 5.41) is 5.28. The van der Waals surface area contributed by atoms with Crippen LogP contribution in [0.25, 0.3) is 0 Å². The summed E-state index contributed by atoms with van der Waals surface area (Å²) in [6.07, 6.45) is 0.815. The lowest BCUT2D eigenvalue weighted by Crippen LogP contribution is -2.31. The van der Waals surface area contributed by atoms with Crippen LogP contribution in [0.3, 0.4) is 0 Å². The fourth-order valence-corrected chi connectivity index (χ4v) is 1.64. The second-order valence-electron chi connectivity index (χ2n) is 3.87. The maximum absolute atomic E-state index is 12.0. The molecule has 0 N–H and O–H groups in total.